The maximum absolute atomic E-state index is 3.83. The van der Waals surface area contributed by atoms with Crippen LogP contribution < -0.4 is 5.32 Å². The molecule has 0 heterocycles. The van der Waals surface area contributed by atoms with Crippen LogP contribution in [0.3, 0.4) is 0 Å². The van der Waals surface area contributed by atoms with Crippen molar-refractivity contribution in [2.45, 2.75) is 27.2 Å². The minimum Gasteiger partial charge on any atom is -0.391 e. The lowest BCUT2D eigenvalue weighted by atomic mass is 10.2. The molecule has 0 aromatic rings. The summed E-state index contributed by atoms with van der Waals surface area (Å²) >= 11 is 0. The summed E-state index contributed by atoms with van der Waals surface area (Å²) in [5.74, 6) is 0. The van der Waals surface area contributed by atoms with Crippen molar-refractivity contribution in [3.8, 4) is 0 Å². The Labute approximate surface area is 63.8 Å². The lowest BCUT2D eigenvalue weighted by Crippen LogP contribution is -2.06. The average Bonchev–Trinajstić information content (AvgIpc) is 1.88. The van der Waals surface area contributed by atoms with E-state index in [-0.39, 0.29) is 0 Å². The zero-order chi connectivity index (χ0) is 7.98. The second-order valence-electron chi connectivity index (χ2n) is 2.56. The van der Waals surface area contributed by atoms with Gasteiger partial charge < -0.3 is 5.32 Å². The first kappa shape index (κ1) is 9.28. The van der Waals surface area contributed by atoms with Crippen molar-refractivity contribution in [2.24, 2.45) is 0 Å². The van der Waals surface area contributed by atoms with Crippen molar-refractivity contribution >= 4 is 0 Å². The molecule has 1 heteroatoms. The first-order chi connectivity index (χ1) is 4.68. The molecule has 0 saturated carbocycles. The van der Waals surface area contributed by atoms with Gasteiger partial charge in [-0.2, -0.15) is 0 Å². The fourth-order valence-electron chi connectivity index (χ4n) is 0.493. The van der Waals surface area contributed by atoms with Crippen molar-refractivity contribution < 1.29 is 0 Å². The monoisotopic (exact) mass is 139 g/mol. The van der Waals surface area contributed by atoms with Gasteiger partial charge in [0.25, 0.3) is 0 Å². The van der Waals surface area contributed by atoms with E-state index in [1.807, 2.05) is 13.1 Å². The molecule has 0 aromatic heterocycles. The van der Waals surface area contributed by atoms with Crippen molar-refractivity contribution in [1.82, 2.24) is 5.32 Å². The molecule has 0 aromatic carbocycles. The number of nitrogens with one attached hydrogen (secondary N) is 1. The molecular formula is C9H17N. The van der Waals surface area contributed by atoms with E-state index in [0.717, 1.165) is 12.1 Å². The van der Waals surface area contributed by atoms with Crippen molar-refractivity contribution in [3.63, 3.8) is 0 Å². The second-order valence-corrected chi connectivity index (χ2v) is 2.56. The van der Waals surface area contributed by atoms with E-state index < -0.39 is 0 Å². The molecule has 1 nitrogen and oxygen atoms in total. The normalized spacial score (nSPS) is 11.3. The minimum atomic E-state index is 1.05. The summed E-state index contributed by atoms with van der Waals surface area (Å²) in [4.78, 5) is 0. The highest BCUT2D eigenvalue weighted by molar-refractivity contribution is 5.22. The largest absolute Gasteiger partial charge is 0.391 e. The Morgan fingerprint density at radius 2 is 2.10 bits per heavy atom. The van der Waals surface area contributed by atoms with Gasteiger partial charge in [0.1, 0.15) is 0 Å². The number of rotatable bonds is 4. The molecule has 0 atom stereocenters. The molecule has 0 amide bonds. The zero-order valence-electron chi connectivity index (χ0n) is 7.20. The van der Waals surface area contributed by atoms with Crippen LogP contribution in [-0.2, 0) is 0 Å². The molecule has 10 heavy (non-hydrogen) atoms. The predicted molar refractivity (Wildman–Crippen MR) is 46.9 cm³/mol. The number of allylic oxidation sites excluding steroid dienone is 2. The summed E-state index contributed by atoms with van der Waals surface area (Å²) < 4.78 is 0. The maximum Gasteiger partial charge on any atom is 0.0138 e. The summed E-state index contributed by atoms with van der Waals surface area (Å²) in [7, 11) is 0. The van der Waals surface area contributed by atoms with Gasteiger partial charge in [-0.05, 0) is 32.0 Å². The zero-order valence-corrected chi connectivity index (χ0v) is 7.20. The van der Waals surface area contributed by atoms with Crippen LogP contribution in [0.5, 0.6) is 0 Å². The van der Waals surface area contributed by atoms with E-state index in [1.54, 1.807) is 0 Å². The van der Waals surface area contributed by atoms with Gasteiger partial charge in [0.15, 0.2) is 0 Å². The third-order valence-corrected chi connectivity index (χ3v) is 1.39. The maximum atomic E-state index is 3.83. The van der Waals surface area contributed by atoms with Gasteiger partial charge in [0, 0.05) is 6.54 Å². The summed E-state index contributed by atoms with van der Waals surface area (Å²) in [6, 6.07) is 0. The Kier molecular flexibility index (Phi) is 4.73. The van der Waals surface area contributed by atoms with Gasteiger partial charge in [0.05, 0.1) is 0 Å². The first-order valence-corrected chi connectivity index (χ1v) is 3.74. The third kappa shape index (κ3) is 4.19. The minimum absolute atomic E-state index is 1.05. The average molecular weight is 139 g/mol. The molecule has 0 radical (unpaired) electrons. The Balaban J connectivity index is 3.58. The van der Waals surface area contributed by atoms with Crippen molar-refractivity contribution in [1.29, 1.82) is 0 Å². The number of hydrogen-bond donors (Lipinski definition) is 1. The molecule has 0 aliphatic carbocycles. The molecule has 0 fully saturated rings. The first-order valence-electron chi connectivity index (χ1n) is 3.74. The van der Waals surface area contributed by atoms with Crippen LogP contribution in [0.4, 0.5) is 0 Å². The summed E-state index contributed by atoms with van der Waals surface area (Å²) in [5, 5.41) is 3.19. The van der Waals surface area contributed by atoms with Crippen LogP contribution in [0.25, 0.3) is 0 Å². The van der Waals surface area contributed by atoms with E-state index in [0.29, 0.717) is 0 Å². The Bertz CT molecular complexity index is 134. The predicted octanol–water partition coefficient (Wildman–Crippen LogP) is 2.47. The lowest BCUT2D eigenvalue weighted by Gasteiger charge is -2.00. The van der Waals surface area contributed by atoms with Gasteiger partial charge in [-0.3, -0.25) is 0 Å². The van der Waals surface area contributed by atoms with E-state index in [9.17, 15) is 0 Å². The van der Waals surface area contributed by atoms with E-state index in [1.165, 1.54) is 12.0 Å². The van der Waals surface area contributed by atoms with Gasteiger partial charge in [0.2, 0.25) is 0 Å². The van der Waals surface area contributed by atoms with Crippen LogP contribution in [0.1, 0.15) is 27.2 Å². The SMILES string of the molecule is C=C(C)/C(C)=C/NCCC. The standard InChI is InChI=1S/C9H17N/c1-5-6-10-7-9(4)8(2)3/h7,10H,2,5-6H2,1,3-4H3/b9-7+. The Morgan fingerprint density at radius 3 is 2.50 bits per heavy atom. The molecule has 0 rings (SSSR count). The van der Waals surface area contributed by atoms with E-state index in [2.05, 4.69) is 25.7 Å². The van der Waals surface area contributed by atoms with Gasteiger partial charge in [-0.15, -0.1) is 0 Å². The third-order valence-electron chi connectivity index (χ3n) is 1.39. The van der Waals surface area contributed by atoms with Gasteiger partial charge in [-0.1, -0.05) is 19.1 Å². The second kappa shape index (κ2) is 5.10. The number of hydrogen-bond acceptors (Lipinski definition) is 1. The molecule has 0 bridgehead atoms. The fourth-order valence-corrected chi connectivity index (χ4v) is 0.493. The molecule has 0 unspecified atom stereocenters. The molecule has 58 valence electrons. The molecule has 0 saturated heterocycles. The van der Waals surface area contributed by atoms with Crippen molar-refractivity contribution in [2.75, 3.05) is 6.54 Å². The van der Waals surface area contributed by atoms with Crippen LogP contribution in [0.15, 0.2) is 23.9 Å². The Hall–Kier alpha value is -0.720. The van der Waals surface area contributed by atoms with Gasteiger partial charge >= 0.3 is 0 Å². The fraction of sp³-hybridized carbons (Fsp3) is 0.556. The molecule has 0 aliphatic heterocycles. The highest BCUT2D eigenvalue weighted by atomic mass is 14.8. The van der Waals surface area contributed by atoms with E-state index in [4.69, 9.17) is 0 Å². The summed E-state index contributed by atoms with van der Waals surface area (Å²) in [5.41, 5.74) is 2.36. The summed E-state index contributed by atoms with van der Waals surface area (Å²) in [6.07, 6.45) is 3.19. The highest BCUT2D eigenvalue weighted by Crippen LogP contribution is 2.01. The Morgan fingerprint density at radius 1 is 1.50 bits per heavy atom. The van der Waals surface area contributed by atoms with Crippen LogP contribution >= 0.6 is 0 Å². The molecule has 1 N–H and O–H groups in total. The van der Waals surface area contributed by atoms with Crippen LogP contribution in [0.2, 0.25) is 0 Å². The van der Waals surface area contributed by atoms with E-state index >= 15 is 0 Å². The quantitative estimate of drug-likeness (QED) is 0.466. The topological polar surface area (TPSA) is 12.0 Å². The lowest BCUT2D eigenvalue weighted by molar-refractivity contribution is 0.804. The molecular weight excluding hydrogens is 122 g/mol. The molecule has 0 aliphatic rings. The summed E-state index contributed by atoms with van der Waals surface area (Å²) in [6.45, 7) is 11.1. The van der Waals surface area contributed by atoms with Crippen LogP contribution in [0, 0.1) is 0 Å². The smallest absolute Gasteiger partial charge is 0.0138 e. The van der Waals surface area contributed by atoms with Gasteiger partial charge in [-0.25, -0.2) is 0 Å². The highest BCUT2D eigenvalue weighted by Gasteiger charge is 1.85. The van der Waals surface area contributed by atoms with Crippen LogP contribution in [-0.4, -0.2) is 6.54 Å². The van der Waals surface area contributed by atoms with Crippen molar-refractivity contribution in [3.05, 3.63) is 23.9 Å². The molecule has 0 spiro atoms.